The molecule has 0 atom stereocenters. The van der Waals surface area contributed by atoms with Crippen molar-refractivity contribution >= 4 is 0 Å². The summed E-state index contributed by atoms with van der Waals surface area (Å²) in [4.78, 5) is 0. The third-order valence-corrected chi connectivity index (χ3v) is 6.29. The molecule has 0 unspecified atom stereocenters. The van der Waals surface area contributed by atoms with Gasteiger partial charge in [-0.05, 0) is 22.7 Å². The minimum absolute atomic E-state index is 0.545. The second-order valence-electron chi connectivity index (χ2n) is 7.10. The van der Waals surface area contributed by atoms with Crippen LogP contribution in [-0.2, 0) is 0 Å². The number of rotatable bonds is 7. The molecular weight excluding hydrogens is 192 g/mol. The first-order valence-electron chi connectivity index (χ1n) is 7.31. The molecule has 1 saturated carbocycles. The van der Waals surface area contributed by atoms with Gasteiger partial charge in [0.05, 0.1) is 0 Å². The fourth-order valence-electron chi connectivity index (χ4n) is 3.59. The molecular formula is C16H32. The summed E-state index contributed by atoms with van der Waals surface area (Å²) in [5.41, 5.74) is 1.68. The van der Waals surface area contributed by atoms with Crippen molar-refractivity contribution < 1.29 is 0 Å². The third kappa shape index (κ3) is 2.05. The van der Waals surface area contributed by atoms with Gasteiger partial charge < -0.3 is 0 Å². The van der Waals surface area contributed by atoms with E-state index in [0.717, 1.165) is 0 Å². The zero-order valence-electron chi connectivity index (χ0n) is 12.4. The molecule has 1 aliphatic rings. The van der Waals surface area contributed by atoms with Crippen LogP contribution < -0.4 is 0 Å². The number of hydrogen-bond acceptors (Lipinski definition) is 0. The van der Waals surface area contributed by atoms with Crippen LogP contribution in [0.25, 0.3) is 0 Å². The summed E-state index contributed by atoms with van der Waals surface area (Å²) >= 11 is 0. The van der Waals surface area contributed by atoms with Gasteiger partial charge in [-0.15, -0.1) is 0 Å². The van der Waals surface area contributed by atoms with E-state index in [9.17, 15) is 0 Å². The van der Waals surface area contributed by atoms with E-state index in [2.05, 4.69) is 41.5 Å². The average Bonchev–Trinajstić information content (AvgIpc) is 2.50. The molecule has 0 saturated heterocycles. The predicted octanol–water partition coefficient (Wildman–Crippen LogP) is 5.81. The fourth-order valence-corrected chi connectivity index (χ4v) is 3.59. The molecule has 0 aromatic carbocycles. The minimum atomic E-state index is 0.545. The second-order valence-corrected chi connectivity index (χ2v) is 7.10. The summed E-state index contributed by atoms with van der Waals surface area (Å²) in [7, 11) is 0. The Balaban J connectivity index is 2.20. The molecule has 0 aromatic rings. The van der Waals surface area contributed by atoms with E-state index >= 15 is 0 Å². The summed E-state index contributed by atoms with van der Waals surface area (Å²) in [6.45, 7) is 14.6. The molecule has 1 fully saturated rings. The molecule has 1 rings (SSSR count). The highest BCUT2D eigenvalue weighted by molar-refractivity contribution is 5.20. The van der Waals surface area contributed by atoms with Crippen LogP contribution in [0.2, 0.25) is 0 Å². The predicted molar refractivity (Wildman–Crippen MR) is 73.7 cm³/mol. The zero-order valence-corrected chi connectivity index (χ0v) is 12.4. The van der Waals surface area contributed by atoms with Gasteiger partial charge in [0.2, 0.25) is 0 Å². The lowest BCUT2D eigenvalue weighted by atomic mass is 9.90. The topological polar surface area (TPSA) is 0 Å². The number of hydrogen-bond donors (Lipinski definition) is 0. The molecule has 1 aliphatic carbocycles. The van der Waals surface area contributed by atoms with Gasteiger partial charge in [-0.1, -0.05) is 80.1 Å². The van der Waals surface area contributed by atoms with Crippen LogP contribution in [0.1, 0.15) is 86.5 Å². The molecule has 0 aliphatic heterocycles. The van der Waals surface area contributed by atoms with Crippen LogP contribution in [-0.4, -0.2) is 0 Å². The Morgan fingerprint density at radius 1 is 0.625 bits per heavy atom. The van der Waals surface area contributed by atoms with Crippen molar-refractivity contribution in [2.75, 3.05) is 0 Å². The van der Waals surface area contributed by atoms with Crippen molar-refractivity contribution in [3.8, 4) is 0 Å². The average molecular weight is 224 g/mol. The molecule has 0 radical (unpaired) electrons. The molecule has 0 nitrogen and oxygen atoms in total. The van der Waals surface area contributed by atoms with Crippen LogP contribution in [0, 0.1) is 16.2 Å². The maximum absolute atomic E-state index is 2.50. The van der Waals surface area contributed by atoms with Crippen LogP contribution in [0.3, 0.4) is 0 Å². The summed E-state index contributed by atoms with van der Waals surface area (Å²) in [6.07, 6.45) is 9.99. The van der Waals surface area contributed by atoms with E-state index in [4.69, 9.17) is 0 Å². The van der Waals surface area contributed by atoms with E-state index in [-0.39, 0.29) is 0 Å². The first-order valence-corrected chi connectivity index (χ1v) is 7.31. The largest absolute Gasteiger partial charge is 0.0654 e. The van der Waals surface area contributed by atoms with Crippen LogP contribution in [0.15, 0.2) is 0 Å². The maximum atomic E-state index is 2.50. The van der Waals surface area contributed by atoms with Gasteiger partial charge in [0.15, 0.2) is 0 Å². The van der Waals surface area contributed by atoms with Gasteiger partial charge in [-0.2, -0.15) is 0 Å². The molecule has 0 amide bonds. The second kappa shape index (κ2) is 4.70. The van der Waals surface area contributed by atoms with E-state index in [0.29, 0.717) is 16.2 Å². The monoisotopic (exact) mass is 224 g/mol. The lowest BCUT2D eigenvalue weighted by molar-refractivity contribution is 0.356. The Bertz CT molecular complexity index is 208. The van der Waals surface area contributed by atoms with Gasteiger partial charge in [0, 0.05) is 0 Å². The van der Waals surface area contributed by atoms with Crippen LogP contribution in [0.5, 0.6) is 0 Å². The molecule has 0 spiro atoms. The van der Waals surface area contributed by atoms with Crippen molar-refractivity contribution in [1.82, 2.24) is 0 Å². The molecule has 16 heavy (non-hydrogen) atoms. The maximum Gasteiger partial charge on any atom is -0.0213 e. The van der Waals surface area contributed by atoms with E-state index in [1.54, 1.807) is 0 Å². The fraction of sp³-hybridized carbons (Fsp3) is 1.00. The summed E-state index contributed by atoms with van der Waals surface area (Å²) in [5.74, 6) is 0. The minimum Gasteiger partial charge on any atom is -0.0654 e. The Kier molecular flexibility index (Phi) is 4.13. The van der Waals surface area contributed by atoms with Crippen LogP contribution >= 0.6 is 0 Å². The van der Waals surface area contributed by atoms with Gasteiger partial charge in [0.1, 0.15) is 0 Å². The van der Waals surface area contributed by atoms with Gasteiger partial charge >= 0.3 is 0 Å². The van der Waals surface area contributed by atoms with Crippen molar-refractivity contribution in [2.45, 2.75) is 86.5 Å². The van der Waals surface area contributed by atoms with E-state index < -0.39 is 0 Å². The Morgan fingerprint density at radius 3 is 1.50 bits per heavy atom. The number of unbranched alkanes of at least 4 members (excludes halogenated alkanes) is 5. The quantitative estimate of drug-likeness (QED) is 0.479. The molecule has 0 aromatic heterocycles. The van der Waals surface area contributed by atoms with E-state index in [1.807, 2.05) is 0 Å². The van der Waals surface area contributed by atoms with Gasteiger partial charge in [-0.25, -0.2) is 0 Å². The highest BCUT2D eigenvalue weighted by atomic mass is 14.8. The normalized spacial score (nSPS) is 24.4. The van der Waals surface area contributed by atoms with E-state index in [1.165, 1.54) is 44.9 Å². The summed E-state index contributed by atoms with van der Waals surface area (Å²) in [5, 5.41) is 0. The standard InChI is InChI=1S/C16H32/c1-7-8-9-10-11-12-13-16(6)14(2,3)15(16,4)5/h7-13H2,1-6H3. The highest BCUT2D eigenvalue weighted by Crippen LogP contribution is 2.79. The van der Waals surface area contributed by atoms with Crippen molar-refractivity contribution in [3.05, 3.63) is 0 Å². The van der Waals surface area contributed by atoms with Crippen molar-refractivity contribution in [1.29, 1.82) is 0 Å². The SMILES string of the molecule is CCCCCCCCC1(C)C(C)(C)C1(C)C. The van der Waals surface area contributed by atoms with Gasteiger partial charge in [-0.3, -0.25) is 0 Å². The van der Waals surface area contributed by atoms with Crippen molar-refractivity contribution in [3.63, 3.8) is 0 Å². The Morgan fingerprint density at radius 2 is 1.06 bits per heavy atom. The van der Waals surface area contributed by atoms with Crippen molar-refractivity contribution in [2.24, 2.45) is 16.2 Å². The first kappa shape index (κ1) is 14.1. The zero-order chi connectivity index (χ0) is 12.4. The lowest BCUT2D eigenvalue weighted by Crippen LogP contribution is -2.04. The Labute approximate surface area is 103 Å². The third-order valence-electron chi connectivity index (χ3n) is 6.29. The first-order chi connectivity index (χ1) is 7.31. The Hall–Kier alpha value is 0. The molecule has 0 heteroatoms. The smallest absolute Gasteiger partial charge is 0.0213 e. The summed E-state index contributed by atoms with van der Waals surface area (Å²) in [6, 6.07) is 0. The molecule has 0 N–H and O–H groups in total. The highest BCUT2D eigenvalue weighted by Gasteiger charge is 2.72. The molecule has 96 valence electrons. The van der Waals surface area contributed by atoms with Gasteiger partial charge in [0.25, 0.3) is 0 Å². The lowest BCUT2D eigenvalue weighted by Gasteiger charge is -2.15. The van der Waals surface area contributed by atoms with Crippen LogP contribution in [0.4, 0.5) is 0 Å². The molecule has 0 heterocycles. The summed E-state index contributed by atoms with van der Waals surface area (Å²) < 4.78 is 0. The molecule has 0 bridgehead atoms.